The van der Waals surface area contributed by atoms with Crippen molar-refractivity contribution in [2.75, 3.05) is 19.7 Å². The van der Waals surface area contributed by atoms with E-state index < -0.39 is 0 Å². The minimum absolute atomic E-state index is 0.0137. The highest BCUT2D eigenvalue weighted by Gasteiger charge is 2.26. The molecule has 0 bridgehead atoms. The zero-order chi connectivity index (χ0) is 15.4. The Morgan fingerprint density at radius 3 is 2.82 bits per heavy atom. The monoisotopic (exact) mass is 306 g/mol. The zero-order valence-corrected chi connectivity index (χ0v) is 12.6. The van der Waals surface area contributed by atoms with Gasteiger partial charge in [0.1, 0.15) is 6.26 Å². The minimum atomic E-state index is -0.108. The molecule has 22 heavy (non-hydrogen) atoms. The molecule has 3 rings (SSSR count). The summed E-state index contributed by atoms with van der Waals surface area (Å²) in [5.74, 6) is -0.0942. The first kappa shape index (κ1) is 15.1. The van der Waals surface area contributed by atoms with Gasteiger partial charge in [0, 0.05) is 32.2 Å². The number of hydrogen-bond acceptors (Lipinski definition) is 4. The Kier molecular flexibility index (Phi) is 4.77. The average molecular weight is 306 g/mol. The van der Waals surface area contributed by atoms with E-state index in [1.165, 1.54) is 12.5 Å². The Bertz CT molecular complexity index is 504. The molecule has 2 heterocycles. The number of nitrogens with one attached hydrogen (secondary N) is 1. The predicted molar refractivity (Wildman–Crippen MR) is 79.4 cm³/mol. The number of nitrogens with zero attached hydrogens (tertiary/aromatic N) is 1. The molecule has 6 heteroatoms. The van der Waals surface area contributed by atoms with Crippen molar-refractivity contribution < 1.29 is 18.7 Å². The Morgan fingerprint density at radius 2 is 2.18 bits per heavy atom. The molecular formula is C16H22N2O4. The van der Waals surface area contributed by atoms with Crippen LogP contribution in [-0.2, 0) is 9.53 Å². The Hall–Kier alpha value is -1.82. The van der Waals surface area contributed by atoms with Crippen molar-refractivity contribution in [2.45, 2.75) is 44.2 Å². The summed E-state index contributed by atoms with van der Waals surface area (Å²) in [7, 11) is 0. The lowest BCUT2D eigenvalue weighted by molar-refractivity contribution is -0.121. The third-order valence-electron chi connectivity index (χ3n) is 4.05. The van der Waals surface area contributed by atoms with Crippen molar-refractivity contribution in [3.63, 3.8) is 0 Å². The smallest absolute Gasteiger partial charge is 0.257 e. The summed E-state index contributed by atoms with van der Waals surface area (Å²) in [6.07, 6.45) is 7.45. The SMILES string of the molecule is O=C(CCN(C[C@H]1CCCO1)C(=O)c1ccoc1)NC1CC1. The van der Waals surface area contributed by atoms with Crippen molar-refractivity contribution in [1.82, 2.24) is 10.2 Å². The van der Waals surface area contributed by atoms with E-state index in [-0.39, 0.29) is 17.9 Å². The van der Waals surface area contributed by atoms with E-state index in [2.05, 4.69) is 5.32 Å². The van der Waals surface area contributed by atoms with Gasteiger partial charge >= 0.3 is 0 Å². The molecule has 120 valence electrons. The Labute approximate surface area is 129 Å². The number of amides is 2. The van der Waals surface area contributed by atoms with Gasteiger partial charge in [-0.25, -0.2) is 0 Å². The minimum Gasteiger partial charge on any atom is -0.472 e. The first-order chi connectivity index (χ1) is 10.7. The molecule has 0 aromatic carbocycles. The van der Waals surface area contributed by atoms with Crippen LogP contribution in [0.5, 0.6) is 0 Å². The summed E-state index contributed by atoms with van der Waals surface area (Å²) in [6.45, 7) is 1.68. The van der Waals surface area contributed by atoms with E-state index in [0.29, 0.717) is 31.1 Å². The molecule has 1 aromatic heterocycles. The molecule has 6 nitrogen and oxygen atoms in total. The van der Waals surface area contributed by atoms with Gasteiger partial charge in [-0.3, -0.25) is 9.59 Å². The van der Waals surface area contributed by atoms with Gasteiger partial charge in [-0.05, 0) is 31.7 Å². The standard InChI is InChI=1S/C16H22N2O4/c19-15(17-13-3-4-13)5-7-18(10-14-2-1-8-22-14)16(20)12-6-9-21-11-12/h6,9,11,13-14H,1-5,7-8,10H2,(H,17,19)/t14-/m1/s1. The van der Waals surface area contributed by atoms with E-state index in [4.69, 9.17) is 9.15 Å². The van der Waals surface area contributed by atoms with Gasteiger partial charge in [0.15, 0.2) is 0 Å². The third kappa shape index (κ3) is 4.10. The third-order valence-corrected chi connectivity index (χ3v) is 4.05. The lowest BCUT2D eigenvalue weighted by atomic mass is 10.2. The quantitative estimate of drug-likeness (QED) is 0.830. The molecule has 1 aromatic rings. The topological polar surface area (TPSA) is 71.8 Å². The molecule has 1 saturated carbocycles. The van der Waals surface area contributed by atoms with Crippen LogP contribution in [0.1, 0.15) is 42.5 Å². The molecule has 2 amide bonds. The van der Waals surface area contributed by atoms with Gasteiger partial charge in [-0.2, -0.15) is 0 Å². The number of carbonyl (C=O) groups is 2. The molecule has 1 N–H and O–H groups in total. The van der Waals surface area contributed by atoms with Crippen LogP contribution < -0.4 is 5.32 Å². The van der Waals surface area contributed by atoms with Crippen molar-refractivity contribution in [3.05, 3.63) is 24.2 Å². The number of rotatable bonds is 7. The van der Waals surface area contributed by atoms with Crippen LogP contribution in [0.4, 0.5) is 0 Å². The fourth-order valence-corrected chi connectivity index (χ4v) is 2.64. The number of carbonyl (C=O) groups excluding carboxylic acids is 2. The molecule has 0 unspecified atom stereocenters. The molecule has 2 aliphatic rings. The lowest BCUT2D eigenvalue weighted by Crippen LogP contribution is -2.40. The van der Waals surface area contributed by atoms with E-state index in [0.717, 1.165) is 32.3 Å². The van der Waals surface area contributed by atoms with Crippen LogP contribution in [0.3, 0.4) is 0 Å². The summed E-state index contributed by atoms with van der Waals surface area (Å²) in [6, 6.07) is 2.00. The van der Waals surface area contributed by atoms with Crippen molar-refractivity contribution >= 4 is 11.8 Å². The van der Waals surface area contributed by atoms with Gasteiger partial charge in [0.2, 0.25) is 5.91 Å². The van der Waals surface area contributed by atoms with Crippen LogP contribution in [0.15, 0.2) is 23.0 Å². The van der Waals surface area contributed by atoms with Gasteiger partial charge in [-0.1, -0.05) is 0 Å². The average Bonchev–Trinajstić information content (AvgIpc) is 2.99. The normalized spacial score (nSPS) is 20.8. The number of ether oxygens (including phenoxy) is 1. The molecule has 0 spiro atoms. The van der Waals surface area contributed by atoms with E-state index >= 15 is 0 Å². The fraction of sp³-hybridized carbons (Fsp3) is 0.625. The van der Waals surface area contributed by atoms with Gasteiger partial charge in [-0.15, -0.1) is 0 Å². The molecule has 1 saturated heterocycles. The zero-order valence-electron chi connectivity index (χ0n) is 12.6. The van der Waals surface area contributed by atoms with E-state index in [9.17, 15) is 9.59 Å². The van der Waals surface area contributed by atoms with E-state index in [1.807, 2.05) is 0 Å². The van der Waals surface area contributed by atoms with Crippen molar-refractivity contribution in [3.8, 4) is 0 Å². The molecule has 1 atom stereocenters. The molecule has 2 fully saturated rings. The van der Waals surface area contributed by atoms with Gasteiger partial charge < -0.3 is 19.4 Å². The maximum absolute atomic E-state index is 12.5. The Balaban J connectivity index is 1.56. The van der Waals surface area contributed by atoms with Crippen LogP contribution in [0.25, 0.3) is 0 Å². The molecule has 0 radical (unpaired) electrons. The van der Waals surface area contributed by atoms with E-state index in [1.54, 1.807) is 11.0 Å². The highest BCUT2D eigenvalue weighted by Crippen LogP contribution is 2.19. The van der Waals surface area contributed by atoms with Gasteiger partial charge in [0.25, 0.3) is 5.91 Å². The van der Waals surface area contributed by atoms with Crippen LogP contribution in [0.2, 0.25) is 0 Å². The maximum Gasteiger partial charge on any atom is 0.257 e. The van der Waals surface area contributed by atoms with Crippen molar-refractivity contribution in [1.29, 1.82) is 0 Å². The highest BCUT2D eigenvalue weighted by molar-refractivity contribution is 5.94. The second-order valence-corrected chi connectivity index (χ2v) is 5.99. The second kappa shape index (κ2) is 6.96. The summed E-state index contributed by atoms with van der Waals surface area (Å²) in [4.78, 5) is 26.1. The van der Waals surface area contributed by atoms with Crippen LogP contribution in [0, 0.1) is 0 Å². The summed E-state index contributed by atoms with van der Waals surface area (Å²) in [5.41, 5.74) is 0.514. The molecule has 1 aliphatic heterocycles. The second-order valence-electron chi connectivity index (χ2n) is 5.99. The summed E-state index contributed by atoms with van der Waals surface area (Å²) in [5, 5.41) is 2.95. The predicted octanol–water partition coefficient (Wildman–Crippen LogP) is 1.57. The maximum atomic E-state index is 12.5. The summed E-state index contributed by atoms with van der Waals surface area (Å²) >= 11 is 0. The number of hydrogen-bond donors (Lipinski definition) is 1. The first-order valence-electron chi connectivity index (χ1n) is 7.95. The molecular weight excluding hydrogens is 284 g/mol. The number of furan rings is 1. The largest absolute Gasteiger partial charge is 0.472 e. The van der Waals surface area contributed by atoms with Gasteiger partial charge in [0.05, 0.1) is 17.9 Å². The lowest BCUT2D eigenvalue weighted by Gasteiger charge is -2.25. The fourth-order valence-electron chi connectivity index (χ4n) is 2.64. The van der Waals surface area contributed by atoms with Crippen LogP contribution in [-0.4, -0.2) is 48.6 Å². The summed E-state index contributed by atoms with van der Waals surface area (Å²) < 4.78 is 10.6. The Morgan fingerprint density at radius 1 is 1.32 bits per heavy atom. The molecule has 1 aliphatic carbocycles. The van der Waals surface area contributed by atoms with Crippen molar-refractivity contribution in [2.24, 2.45) is 0 Å². The van der Waals surface area contributed by atoms with Crippen LogP contribution >= 0.6 is 0 Å². The first-order valence-corrected chi connectivity index (χ1v) is 7.95. The highest BCUT2D eigenvalue weighted by atomic mass is 16.5.